The van der Waals surface area contributed by atoms with E-state index in [1.165, 1.54) is 34.4 Å². The number of hydrogen-bond donors (Lipinski definition) is 5. The Morgan fingerprint density at radius 3 is 1.48 bits per heavy atom. The van der Waals surface area contributed by atoms with Crippen molar-refractivity contribution in [3.05, 3.63) is 164 Å². The van der Waals surface area contributed by atoms with E-state index in [9.17, 15) is 25.7 Å². The Kier molecular flexibility index (Phi) is 18.9. The summed E-state index contributed by atoms with van der Waals surface area (Å²) >= 11 is 0. The molecule has 440 valence electrons. The van der Waals surface area contributed by atoms with Gasteiger partial charge in [-0.1, -0.05) is 70.1 Å². The van der Waals surface area contributed by atoms with Gasteiger partial charge in [0.2, 0.25) is 17.5 Å². The molecule has 0 saturated heterocycles. The van der Waals surface area contributed by atoms with Gasteiger partial charge in [-0.25, -0.2) is 0 Å². The Labute approximate surface area is 495 Å². The number of nitriles is 2. The monoisotopic (exact) mass is 1160 g/mol. The predicted octanol–water partition coefficient (Wildman–Crippen LogP) is 10.6. The summed E-state index contributed by atoms with van der Waals surface area (Å²) in [5.41, 5.74) is 12.0. The molecule has 0 saturated carbocycles. The largest absolute Gasteiger partial charge is 0.492 e. The maximum atomic E-state index is 11.3. The molecule has 3 aliphatic carbocycles. The second-order valence-corrected chi connectivity index (χ2v) is 20.6. The Balaban J connectivity index is 0.000000143. The number of aromatic nitrogens is 6. The first-order valence-electron chi connectivity index (χ1n) is 28.5. The van der Waals surface area contributed by atoms with Gasteiger partial charge in [0, 0.05) is 64.6 Å². The highest BCUT2D eigenvalue weighted by Gasteiger charge is 2.30. The van der Waals surface area contributed by atoms with Gasteiger partial charge in [-0.15, -0.1) is 0 Å². The fourth-order valence-corrected chi connectivity index (χ4v) is 11.0. The van der Waals surface area contributed by atoms with Crippen molar-refractivity contribution in [2.45, 2.75) is 90.5 Å². The average Bonchev–Trinajstić information content (AvgIpc) is 3.23. The van der Waals surface area contributed by atoms with Crippen molar-refractivity contribution in [1.82, 2.24) is 41.1 Å². The van der Waals surface area contributed by atoms with Crippen molar-refractivity contribution >= 4 is 5.69 Å². The molecule has 0 fully saturated rings. The third kappa shape index (κ3) is 13.0. The van der Waals surface area contributed by atoms with Crippen molar-refractivity contribution in [3.8, 4) is 97.9 Å². The summed E-state index contributed by atoms with van der Waals surface area (Å²) in [4.78, 5) is 24.4. The molecule has 22 nitrogen and oxygen atoms in total. The number of fused-ring (bicyclic) bond motifs is 3. The number of rotatable bonds is 19. The van der Waals surface area contributed by atoms with Crippen LogP contribution in [-0.4, -0.2) is 96.3 Å². The first-order chi connectivity index (χ1) is 41.9. The Morgan fingerprint density at radius 1 is 0.605 bits per heavy atom. The number of benzene rings is 6. The number of ether oxygens (including phenoxy) is 3. The van der Waals surface area contributed by atoms with Crippen LogP contribution in [0.15, 0.2) is 123 Å². The molecular formula is C64H63N11O11. The summed E-state index contributed by atoms with van der Waals surface area (Å²) in [5.74, 6) is 3.66. The summed E-state index contributed by atoms with van der Waals surface area (Å²) < 4.78 is 32.8. The second kappa shape index (κ2) is 27.4. The van der Waals surface area contributed by atoms with Crippen LogP contribution in [0.2, 0.25) is 0 Å². The van der Waals surface area contributed by atoms with Crippen LogP contribution in [0.3, 0.4) is 0 Å². The molecule has 3 aliphatic rings. The number of nitrogens with zero attached hydrogens (tertiary/aromatic N) is 9. The molecule has 12 rings (SSSR count). The van der Waals surface area contributed by atoms with Gasteiger partial charge in [0.05, 0.1) is 54.7 Å². The van der Waals surface area contributed by atoms with Gasteiger partial charge >= 0.3 is 5.69 Å². The number of nitrogens with one attached hydrogen (secondary N) is 2. The molecule has 22 heteroatoms. The van der Waals surface area contributed by atoms with E-state index in [2.05, 4.69) is 65.3 Å². The summed E-state index contributed by atoms with van der Waals surface area (Å²) in [6.45, 7) is 9.67. The van der Waals surface area contributed by atoms with Crippen LogP contribution in [0.25, 0.3) is 68.5 Å². The lowest BCUT2D eigenvalue weighted by Crippen LogP contribution is -2.22. The number of aliphatic hydroxyl groups excluding tert-OH is 3. The second-order valence-electron chi connectivity index (χ2n) is 20.6. The molecule has 5 N–H and O–H groups in total. The summed E-state index contributed by atoms with van der Waals surface area (Å²) in [6, 6.07) is 37.7. The standard InChI is InChI=1S/C23H24N4O3.C22H22N4O3.C19H17N3O5/c1-14(2)29-21-9-6-15(12-16(21)13-24)23-26-22(27-30-23)19-5-3-4-18-17(19)7-8-20(18)25-10-11-28;1-2-28-20-9-6-14(12-15(20)13-23)22-25-21(26-29-22)18-5-3-4-17-16(18)7-8-19(17)24-10-11-27;1-2-26-17-9-6-11(10-15(17)22(24)25)19-20-18(21-27-19)14-5-3-4-13-12(14)7-8-16(13)23/h3-6,9,12,14,20,25,28H,7-8,10-11H2,1-2H3;3-6,9,12,19,24,27H,2,7-8,10-11H2,1H3;3-6,9-10,16,23H,2,7-8H2,1H3. The van der Waals surface area contributed by atoms with E-state index in [4.69, 9.17) is 38.0 Å². The molecule has 0 radical (unpaired) electrons. The van der Waals surface area contributed by atoms with Crippen LogP contribution in [0, 0.1) is 32.8 Å². The fraction of sp³-hybridized carbons (Fsp3) is 0.312. The highest BCUT2D eigenvalue weighted by atomic mass is 16.6. The van der Waals surface area contributed by atoms with E-state index in [-0.39, 0.29) is 48.7 Å². The number of nitro groups is 1. The smallest absolute Gasteiger partial charge is 0.311 e. The normalized spacial score (nSPS) is 15.3. The molecule has 0 aliphatic heterocycles. The van der Waals surface area contributed by atoms with Gasteiger partial charge in [0.1, 0.15) is 23.6 Å². The molecule has 0 amide bonds. The molecule has 3 heterocycles. The van der Waals surface area contributed by atoms with E-state index in [1.807, 2.05) is 75.4 Å². The van der Waals surface area contributed by atoms with E-state index < -0.39 is 11.0 Å². The maximum absolute atomic E-state index is 11.3. The van der Waals surface area contributed by atoms with Crippen LogP contribution in [0.4, 0.5) is 5.69 Å². The summed E-state index contributed by atoms with van der Waals surface area (Å²) in [6.07, 6.45) is 4.70. The van der Waals surface area contributed by atoms with Crippen molar-refractivity contribution in [2.24, 2.45) is 0 Å². The molecule has 3 aromatic heterocycles. The van der Waals surface area contributed by atoms with Crippen LogP contribution in [0.5, 0.6) is 17.2 Å². The summed E-state index contributed by atoms with van der Waals surface area (Å²) in [7, 11) is 0. The molecule has 9 aromatic rings. The molecule has 86 heavy (non-hydrogen) atoms. The molecular weight excluding hydrogens is 1100 g/mol. The fourth-order valence-electron chi connectivity index (χ4n) is 11.0. The Morgan fingerprint density at radius 2 is 1.02 bits per heavy atom. The third-order valence-corrected chi connectivity index (χ3v) is 14.8. The quantitative estimate of drug-likeness (QED) is 0.0371. The van der Waals surface area contributed by atoms with Gasteiger partial charge in [-0.2, -0.15) is 25.5 Å². The van der Waals surface area contributed by atoms with Gasteiger partial charge < -0.3 is 53.7 Å². The Hall–Kier alpha value is -9.68. The minimum atomic E-state index is -0.503. The van der Waals surface area contributed by atoms with Crippen molar-refractivity contribution in [3.63, 3.8) is 0 Å². The van der Waals surface area contributed by atoms with E-state index in [1.54, 1.807) is 37.3 Å². The van der Waals surface area contributed by atoms with E-state index in [0.717, 1.165) is 59.9 Å². The van der Waals surface area contributed by atoms with Gasteiger partial charge in [0.25, 0.3) is 17.7 Å². The topological polar surface area (TPSA) is 320 Å². The minimum absolute atomic E-state index is 0.0196. The van der Waals surface area contributed by atoms with Gasteiger partial charge in [0.15, 0.2) is 5.75 Å². The zero-order valence-electron chi connectivity index (χ0n) is 47.8. The van der Waals surface area contributed by atoms with Gasteiger partial charge in [-0.05, 0) is 148 Å². The average molecular weight is 1160 g/mol. The Bertz CT molecular complexity index is 3960. The molecule has 3 atom stereocenters. The SMILES string of the molecule is CC(C)Oc1ccc(-c2nc(-c3cccc4c3CCC4NCCO)no2)cc1C#N.CCOc1ccc(-c2nc(-c3cccc4c3CCC4NCCO)no2)cc1C#N.CCOc1ccc(-c2nc(-c3cccc4c3CCC4O)no2)cc1[N+](=O)[O-]. The lowest BCUT2D eigenvalue weighted by atomic mass is 10.0. The zero-order chi connectivity index (χ0) is 60.3. The lowest BCUT2D eigenvalue weighted by Gasteiger charge is -2.13. The highest BCUT2D eigenvalue weighted by molar-refractivity contribution is 5.70. The molecule has 3 unspecified atom stereocenters. The predicted molar refractivity (Wildman–Crippen MR) is 315 cm³/mol. The highest BCUT2D eigenvalue weighted by Crippen LogP contribution is 2.41. The zero-order valence-corrected chi connectivity index (χ0v) is 47.8. The van der Waals surface area contributed by atoms with Crippen LogP contribution in [0.1, 0.15) is 110 Å². The van der Waals surface area contributed by atoms with Crippen LogP contribution >= 0.6 is 0 Å². The van der Waals surface area contributed by atoms with E-state index >= 15 is 0 Å². The van der Waals surface area contributed by atoms with Crippen LogP contribution < -0.4 is 24.8 Å². The van der Waals surface area contributed by atoms with Crippen LogP contribution in [-0.2, 0) is 19.3 Å². The third-order valence-electron chi connectivity index (χ3n) is 14.8. The lowest BCUT2D eigenvalue weighted by molar-refractivity contribution is -0.385. The summed E-state index contributed by atoms with van der Waals surface area (Å²) in [5, 5.41) is 77.5. The number of nitro benzene ring substituents is 1. The molecule has 0 spiro atoms. The minimum Gasteiger partial charge on any atom is -0.492 e. The number of aliphatic hydroxyl groups is 3. The number of hydrogen-bond acceptors (Lipinski definition) is 21. The van der Waals surface area contributed by atoms with Crippen molar-refractivity contribution in [1.29, 1.82) is 10.5 Å². The molecule has 0 bridgehead atoms. The molecule has 6 aromatic carbocycles. The van der Waals surface area contributed by atoms with Crippen molar-refractivity contribution < 1.29 is 48.0 Å². The first-order valence-corrected chi connectivity index (χ1v) is 28.5. The maximum Gasteiger partial charge on any atom is 0.311 e. The van der Waals surface area contributed by atoms with E-state index in [0.29, 0.717) is 101 Å². The first kappa shape index (κ1) is 59.5. The van der Waals surface area contributed by atoms with Gasteiger partial charge in [-0.3, -0.25) is 10.1 Å². The van der Waals surface area contributed by atoms with Crippen molar-refractivity contribution in [2.75, 3.05) is 39.5 Å².